The van der Waals surface area contributed by atoms with Gasteiger partial charge >= 0.3 is 0 Å². The molecule has 0 fully saturated rings. The van der Waals surface area contributed by atoms with Crippen molar-refractivity contribution < 1.29 is 14.3 Å². The molecule has 25 heavy (non-hydrogen) atoms. The molecule has 0 bridgehead atoms. The molecule has 0 saturated heterocycles. The molecule has 3 rings (SSSR count). The molecule has 0 unspecified atom stereocenters. The van der Waals surface area contributed by atoms with Gasteiger partial charge in [-0.2, -0.15) is 0 Å². The highest BCUT2D eigenvalue weighted by molar-refractivity contribution is 7.12. The summed E-state index contributed by atoms with van der Waals surface area (Å²) in [5.74, 6) is 1.01. The summed E-state index contributed by atoms with van der Waals surface area (Å²) in [6.45, 7) is 3.87. The molecule has 0 radical (unpaired) electrons. The van der Waals surface area contributed by atoms with Gasteiger partial charge in [0, 0.05) is 29.0 Å². The number of ether oxygens (including phenoxy) is 2. The van der Waals surface area contributed by atoms with E-state index in [1.807, 2.05) is 29.9 Å². The van der Waals surface area contributed by atoms with Crippen molar-refractivity contribution in [1.82, 2.24) is 9.55 Å². The topological polar surface area (TPSA) is 65.4 Å². The Morgan fingerprint density at radius 2 is 2.00 bits per heavy atom. The van der Waals surface area contributed by atoms with E-state index in [2.05, 4.69) is 10.3 Å². The van der Waals surface area contributed by atoms with E-state index >= 15 is 0 Å². The normalized spacial score (nSPS) is 10.6. The van der Waals surface area contributed by atoms with Crippen molar-refractivity contribution >= 4 is 22.9 Å². The van der Waals surface area contributed by atoms with Crippen molar-refractivity contribution in [2.75, 3.05) is 19.5 Å². The first-order valence-electron chi connectivity index (χ1n) is 7.67. The van der Waals surface area contributed by atoms with Crippen LogP contribution in [0.3, 0.4) is 0 Å². The van der Waals surface area contributed by atoms with Crippen LogP contribution in [0.15, 0.2) is 35.8 Å². The van der Waals surface area contributed by atoms with Gasteiger partial charge in [0.05, 0.1) is 25.5 Å². The van der Waals surface area contributed by atoms with Crippen LogP contribution in [0.5, 0.6) is 11.5 Å². The number of methoxy groups -OCH3 is 2. The number of benzene rings is 1. The van der Waals surface area contributed by atoms with Gasteiger partial charge in [0.1, 0.15) is 11.5 Å². The van der Waals surface area contributed by atoms with Crippen LogP contribution in [0.1, 0.15) is 21.7 Å². The highest BCUT2D eigenvalue weighted by Crippen LogP contribution is 2.30. The van der Waals surface area contributed by atoms with Crippen LogP contribution >= 0.6 is 11.3 Å². The second-order valence-electron chi connectivity index (χ2n) is 5.46. The Balaban J connectivity index is 1.91. The summed E-state index contributed by atoms with van der Waals surface area (Å²) in [7, 11) is 3.14. The van der Waals surface area contributed by atoms with Crippen LogP contribution < -0.4 is 14.8 Å². The number of nitrogens with zero attached hydrogens (tertiary/aromatic N) is 2. The summed E-state index contributed by atoms with van der Waals surface area (Å²) >= 11 is 1.53. The third-order valence-electron chi connectivity index (χ3n) is 3.94. The maximum atomic E-state index is 12.8. The van der Waals surface area contributed by atoms with Crippen LogP contribution in [-0.4, -0.2) is 29.7 Å². The second kappa shape index (κ2) is 6.98. The van der Waals surface area contributed by atoms with E-state index in [4.69, 9.17) is 9.47 Å². The summed E-state index contributed by atoms with van der Waals surface area (Å²) < 4.78 is 12.5. The fourth-order valence-corrected chi connectivity index (χ4v) is 3.46. The standard InChI is InChI=1S/C18H19N3O3S/c1-11-9-14(12(2)21(11)18-19-7-8-25-18)17(22)20-15-6-5-13(23-3)10-16(15)24-4/h5-10H,1-4H3,(H,20,22). The van der Waals surface area contributed by atoms with E-state index in [0.717, 1.165) is 16.5 Å². The maximum absolute atomic E-state index is 12.8. The third-order valence-corrected chi connectivity index (χ3v) is 4.70. The number of nitrogens with one attached hydrogen (secondary N) is 1. The number of hydrogen-bond donors (Lipinski definition) is 1. The lowest BCUT2D eigenvalue weighted by molar-refractivity contribution is 0.102. The third kappa shape index (κ3) is 3.23. The fourth-order valence-electron chi connectivity index (χ4n) is 2.70. The zero-order valence-corrected chi connectivity index (χ0v) is 15.3. The minimum Gasteiger partial charge on any atom is -0.497 e. The SMILES string of the molecule is COc1ccc(NC(=O)c2cc(C)n(-c3nccs3)c2C)c(OC)c1. The molecule has 6 nitrogen and oxygen atoms in total. The molecule has 130 valence electrons. The maximum Gasteiger partial charge on any atom is 0.257 e. The van der Waals surface area contributed by atoms with Gasteiger partial charge in [-0.25, -0.2) is 4.98 Å². The lowest BCUT2D eigenvalue weighted by Crippen LogP contribution is -2.13. The minimum absolute atomic E-state index is 0.195. The molecular formula is C18H19N3O3S. The summed E-state index contributed by atoms with van der Waals surface area (Å²) in [4.78, 5) is 17.1. The van der Waals surface area contributed by atoms with Crippen LogP contribution in [0.4, 0.5) is 5.69 Å². The monoisotopic (exact) mass is 357 g/mol. The average Bonchev–Trinajstić information content (AvgIpc) is 3.23. The largest absolute Gasteiger partial charge is 0.497 e. The molecule has 1 aromatic carbocycles. The molecular weight excluding hydrogens is 338 g/mol. The Morgan fingerprint density at radius 3 is 2.64 bits per heavy atom. The lowest BCUT2D eigenvalue weighted by atomic mass is 10.2. The smallest absolute Gasteiger partial charge is 0.257 e. The van der Waals surface area contributed by atoms with Gasteiger partial charge in [-0.3, -0.25) is 9.36 Å². The van der Waals surface area contributed by atoms with E-state index in [9.17, 15) is 4.79 Å². The predicted molar refractivity (Wildman–Crippen MR) is 98.4 cm³/mol. The molecule has 0 atom stereocenters. The van der Waals surface area contributed by atoms with Crippen LogP contribution in [0.2, 0.25) is 0 Å². The Hall–Kier alpha value is -2.80. The molecule has 0 aliphatic rings. The summed E-state index contributed by atoms with van der Waals surface area (Å²) in [5.41, 5.74) is 3.00. The summed E-state index contributed by atoms with van der Waals surface area (Å²) in [5, 5.41) is 5.66. The number of amides is 1. The molecule has 0 aliphatic heterocycles. The van der Waals surface area contributed by atoms with Gasteiger partial charge in [0.2, 0.25) is 0 Å². The van der Waals surface area contributed by atoms with Gasteiger partial charge in [-0.05, 0) is 32.0 Å². The molecule has 1 N–H and O–H groups in total. The van der Waals surface area contributed by atoms with Crippen molar-refractivity contribution in [1.29, 1.82) is 0 Å². The van der Waals surface area contributed by atoms with Crippen molar-refractivity contribution in [3.05, 3.63) is 52.8 Å². The van der Waals surface area contributed by atoms with E-state index in [-0.39, 0.29) is 5.91 Å². The summed E-state index contributed by atoms with van der Waals surface area (Å²) in [6.07, 6.45) is 1.75. The van der Waals surface area contributed by atoms with Gasteiger partial charge in [0.15, 0.2) is 5.13 Å². The van der Waals surface area contributed by atoms with E-state index in [0.29, 0.717) is 22.7 Å². The quantitative estimate of drug-likeness (QED) is 0.754. The number of thiazole rings is 1. The fraction of sp³-hybridized carbons (Fsp3) is 0.222. The number of anilines is 1. The number of carbonyl (C=O) groups is 1. The minimum atomic E-state index is -0.195. The molecule has 0 aliphatic carbocycles. The first-order chi connectivity index (χ1) is 12.0. The van der Waals surface area contributed by atoms with Crippen LogP contribution in [0, 0.1) is 13.8 Å². The van der Waals surface area contributed by atoms with Crippen LogP contribution in [-0.2, 0) is 0 Å². The van der Waals surface area contributed by atoms with E-state index in [1.165, 1.54) is 11.3 Å². The molecule has 2 heterocycles. The lowest BCUT2D eigenvalue weighted by Gasteiger charge is -2.12. The first-order valence-corrected chi connectivity index (χ1v) is 8.55. The Bertz CT molecular complexity index is 901. The predicted octanol–water partition coefficient (Wildman–Crippen LogP) is 3.82. The first kappa shape index (κ1) is 17.0. The number of carbonyl (C=O) groups excluding carboxylic acids is 1. The van der Waals surface area contributed by atoms with Crippen molar-refractivity contribution in [2.45, 2.75) is 13.8 Å². The van der Waals surface area contributed by atoms with Crippen molar-refractivity contribution in [3.8, 4) is 16.6 Å². The zero-order chi connectivity index (χ0) is 18.0. The van der Waals surface area contributed by atoms with Gasteiger partial charge in [-0.1, -0.05) is 0 Å². The Morgan fingerprint density at radius 1 is 1.20 bits per heavy atom. The highest BCUT2D eigenvalue weighted by Gasteiger charge is 2.19. The van der Waals surface area contributed by atoms with E-state index < -0.39 is 0 Å². The summed E-state index contributed by atoms with van der Waals surface area (Å²) in [6, 6.07) is 7.13. The van der Waals surface area contributed by atoms with Crippen LogP contribution in [0.25, 0.3) is 5.13 Å². The molecule has 2 aromatic heterocycles. The number of aromatic nitrogens is 2. The molecule has 0 saturated carbocycles. The van der Waals surface area contributed by atoms with E-state index in [1.54, 1.807) is 38.6 Å². The molecule has 7 heteroatoms. The number of aryl methyl sites for hydroxylation is 1. The number of rotatable bonds is 5. The Kier molecular flexibility index (Phi) is 4.76. The van der Waals surface area contributed by atoms with Gasteiger partial charge in [0.25, 0.3) is 5.91 Å². The molecule has 1 amide bonds. The average molecular weight is 357 g/mol. The highest BCUT2D eigenvalue weighted by atomic mass is 32.1. The molecule has 3 aromatic rings. The van der Waals surface area contributed by atoms with Gasteiger partial charge < -0.3 is 14.8 Å². The number of hydrogen-bond acceptors (Lipinski definition) is 5. The van der Waals surface area contributed by atoms with Crippen molar-refractivity contribution in [2.24, 2.45) is 0 Å². The molecule has 0 spiro atoms. The second-order valence-corrected chi connectivity index (χ2v) is 6.33. The zero-order valence-electron chi connectivity index (χ0n) is 14.5. The van der Waals surface area contributed by atoms with Gasteiger partial charge in [-0.15, -0.1) is 11.3 Å². The van der Waals surface area contributed by atoms with Crippen molar-refractivity contribution in [3.63, 3.8) is 0 Å². The Labute approximate surface area is 150 Å².